The van der Waals surface area contributed by atoms with Gasteiger partial charge in [0.05, 0.1) is 17.4 Å². The molecule has 0 aliphatic carbocycles. The molecule has 162 valence electrons. The summed E-state index contributed by atoms with van der Waals surface area (Å²) in [6.45, 7) is -1.05. The number of halogens is 3. The second-order valence-electron chi connectivity index (χ2n) is 6.63. The molecule has 0 spiro atoms. The molecule has 1 saturated heterocycles. The fourth-order valence-corrected chi connectivity index (χ4v) is 4.70. The van der Waals surface area contributed by atoms with Gasteiger partial charge in [0.15, 0.2) is 0 Å². The predicted octanol–water partition coefficient (Wildman–Crippen LogP) is 2.04. The highest BCUT2D eigenvalue weighted by Crippen LogP contribution is 2.26. The number of nitrogens with zero attached hydrogens (tertiary/aromatic N) is 2. The van der Waals surface area contributed by atoms with Crippen molar-refractivity contribution in [1.29, 1.82) is 0 Å². The number of sulfonamides is 1. The van der Waals surface area contributed by atoms with Crippen LogP contribution in [0.1, 0.15) is 19.8 Å². The van der Waals surface area contributed by atoms with Crippen molar-refractivity contribution in [3.8, 4) is 0 Å². The summed E-state index contributed by atoms with van der Waals surface area (Å²) in [5.74, 6) is -2.84. The number of carbonyl (C=O) groups is 2. The normalized spacial score (nSPS) is 18.3. The van der Waals surface area contributed by atoms with Crippen molar-refractivity contribution in [1.82, 2.24) is 9.21 Å². The third-order valence-electron chi connectivity index (χ3n) is 4.42. The quantitative estimate of drug-likeness (QED) is 0.611. The van der Waals surface area contributed by atoms with Gasteiger partial charge >= 0.3 is 12.1 Å². The Morgan fingerprint density at radius 1 is 1.24 bits per heavy atom. The van der Waals surface area contributed by atoms with Gasteiger partial charge in [0.2, 0.25) is 15.9 Å². The molecule has 1 fully saturated rings. The maximum atomic E-state index is 12.9. The number of esters is 1. The lowest BCUT2D eigenvalue weighted by Gasteiger charge is -2.34. The molecule has 1 atom stereocenters. The van der Waals surface area contributed by atoms with Crippen LogP contribution < -0.4 is 0 Å². The zero-order valence-electron chi connectivity index (χ0n) is 15.9. The van der Waals surface area contributed by atoms with Gasteiger partial charge in [-0.05, 0) is 31.9 Å². The molecule has 0 saturated carbocycles. The Morgan fingerprint density at radius 3 is 2.48 bits per heavy atom. The second kappa shape index (κ2) is 9.57. The Kier molecular flexibility index (Phi) is 7.64. The van der Waals surface area contributed by atoms with Gasteiger partial charge in [0.1, 0.15) is 13.1 Å². The zero-order valence-corrected chi connectivity index (χ0v) is 16.7. The van der Waals surface area contributed by atoms with Crippen LogP contribution in [0.2, 0.25) is 0 Å². The predicted molar refractivity (Wildman–Crippen MR) is 97.2 cm³/mol. The minimum atomic E-state index is -4.70. The van der Waals surface area contributed by atoms with E-state index < -0.39 is 47.1 Å². The van der Waals surface area contributed by atoms with E-state index in [1.54, 1.807) is 18.2 Å². The second-order valence-corrected chi connectivity index (χ2v) is 8.57. The van der Waals surface area contributed by atoms with Gasteiger partial charge in [0.25, 0.3) is 0 Å². The third kappa shape index (κ3) is 6.43. The molecule has 7 nitrogen and oxygen atoms in total. The molecular weight excluding hydrogens is 413 g/mol. The van der Waals surface area contributed by atoms with Crippen molar-refractivity contribution < 1.29 is 35.9 Å². The summed E-state index contributed by atoms with van der Waals surface area (Å²) in [4.78, 5) is 24.8. The molecular formula is C18H23F3N2O5S. The summed E-state index contributed by atoms with van der Waals surface area (Å²) in [6, 6.07) is 7.61. The van der Waals surface area contributed by atoms with Gasteiger partial charge in [-0.15, -0.1) is 0 Å². The van der Waals surface area contributed by atoms with Crippen LogP contribution in [-0.2, 0) is 24.3 Å². The van der Waals surface area contributed by atoms with Gasteiger partial charge in [-0.1, -0.05) is 18.2 Å². The molecule has 0 aromatic heterocycles. The Morgan fingerprint density at radius 2 is 1.90 bits per heavy atom. The Hall–Kier alpha value is -2.14. The van der Waals surface area contributed by atoms with Crippen LogP contribution in [0, 0.1) is 5.92 Å². The van der Waals surface area contributed by atoms with E-state index in [-0.39, 0.29) is 31.0 Å². The lowest BCUT2D eigenvalue weighted by molar-refractivity contribution is -0.169. The first-order chi connectivity index (χ1) is 13.5. The zero-order chi connectivity index (χ0) is 21.7. The number of rotatable bonds is 7. The van der Waals surface area contributed by atoms with Gasteiger partial charge < -0.3 is 9.64 Å². The average Bonchev–Trinajstić information content (AvgIpc) is 2.67. The van der Waals surface area contributed by atoms with Crippen molar-refractivity contribution in [3.63, 3.8) is 0 Å². The first-order valence-corrected chi connectivity index (χ1v) is 10.5. The maximum absolute atomic E-state index is 12.9. The first kappa shape index (κ1) is 23.1. The Labute approximate surface area is 167 Å². The first-order valence-electron chi connectivity index (χ1n) is 9.11. The number of alkyl halides is 3. The van der Waals surface area contributed by atoms with E-state index in [1.807, 2.05) is 0 Å². The Balaban J connectivity index is 2.17. The highest BCUT2D eigenvalue weighted by molar-refractivity contribution is 7.89. The van der Waals surface area contributed by atoms with Gasteiger partial charge in [-0.25, -0.2) is 8.42 Å². The topological polar surface area (TPSA) is 84.0 Å². The number of amides is 1. The molecule has 29 heavy (non-hydrogen) atoms. The standard InChI is InChI=1S/C18H23F3N2O5S/c1-2-28-16(24)12-22(13-18(19,20)21)17(25)14-7-6-10-23(11-14)29(26,27)15-8-4-3-5-9-15/h3-5,8-9,14H,2,6-7,10-13H2,1H3. The molecule has 0 bridgehead atoms. The number of benzene rings is 1. The number of carbonyl (C=O) groups excluding carboxylic acids is 2. The molecule has 1 aromatic carbocycles. The molecule has 0 radical (unpaired) electrons. The monoisotopic (exact) mass is 436 g/mol. The van der Waals surface area contributed by atoms with Crippen molar-refractivity contribution in [2.24, 2.45) is 5.92 Å². The van der Waals surface area contributed by atoms with Crippen LogP contribution in [0.5, 0.6) is 0 Å². The lowest BCUT2D eigenvalue weighted by Crippen LogP contribution is -2.50. The highest BCUT2D eigenvalue weighted by atomic mass is 32.2. The lowest BCUT2D eigenvalue weighted by atomic mass is 9.98. The molecule has 1 unspecified atom stereocenters. The van der Waals surface area contributed by atoms with E-state index in [9.17, 15) is 31.2 Å². The van der Waals surface area contributed by atoms with Crippen molar-refractivity contribution in [2.45, 2.75) is 30.8 Å². The van der Waals surface area contributed by atoms with Gasteiger partial charge in [0, 0.05) is 13.1 Å². The smallest absolute Gasteiger partial charge is 0.406 e. The van der Waals surface area contributed by atoms with Crippen LogP contribution in [-0.4, -0.2) is 68.5 Å². The number of hydrogen-bond acceptors (Lipinski definition) is 5. The number of hydrogen-bond donors (Lipinski definition) is 0. The van der Waals surface area contributed by atoms with Crippen molar-refractivity contribution in [2.75, 3.05) is 32.8 Å². The summed E-state index contributed by atoms with van der Waals surface area (Å²) >= 11 is 0. The molecule has 1 aliphatic rings. The average molecular weight is 436 g/mol. The molecule has 1 heterocycles. The molecule has 11 heteroatoms. The minimum absolute atomic E-state index is 0.0284. The highest BCUT2D eigenvalue weighted by Gasteiger charge is 2.39. The van der Waals surface area contributed by atoms with Gasteiger partial charge in [-0.2, -0.15) is 17.5 Å². The summed E-state index contributed by atoms with van der Waals surface area (Å²) in [5.41, 5.74) is 0. The van der Waals surface area contributed by atoms with Crippen LogP contribution in [0.25, 0.3) is 0 Å². The molecule has 1 aromatic rings. The number of piperidine rings is 1. The van der Waals surface area contributed by atoms with E-state index in [4.69, 9.17) is 0 Å². The van der Waals surface area contributed by atoms with E-state index in [0.717, 1.165) is 4.31 Å². The van der Waals surface area contributed by atoms with E-state index >= 15 is 0 Å². The Bertz CT molecular complexity index is 815. The molecule has 2 rings (SSSR count). The third-order valence-corrected chi connectivity index (χ3v) is 6.30. The SMILES string of the molecule is CCOC(=O)CN(CC(F)(F)F)C(=O)C1CCCN(S(=O)(=O)c2ccccc2)C1. The van der Waals surface area contributed by atoms with E-state index in [2.05, 4.69) is 4.74 Å². The number of ether oxygens (including phenoxy) is 1. The molecule has 1 amide bonds. The fourth-order valence-electron chi connectivity index (χ4n) is 3.15. The minimum Gasteiger partial charge on any atom is -0.465 e. The fraction of sp³-hybridized carbons (Fsp3) is 0.556. The maximum Gasteiger partial charge on any atom is 0.406 e. The van der Waals surface area contributed by atoms with E-state index in [1.165, 1.54) is 19.1 Å². The van der Waals surface area contributed by atoms with E-state index in [0.29, 0.717) is 11.3 Å². The van der Waals surface area contributed by atoms with Crippen molar-refractivity contribution in [3.05, 3.63) is 30.3 Å². The van der Waals surface area contributed by atoms with Crippen LogP contribution in [0.4, 0.5) is 13.2 Å². The summed E-state index contributed by atoms with van der Waals surface area (Å²) in [6.07, 6.45) is -4.15. The van der Waals surface area contributed by atoms with Crippen LogP contribution in [0.3, 0.4) is 0 Å². The summed E-state index contributed by atoms with van der Waals surface area (Å²) < 4.78 is 70.0. The largest absolute Gasteiger partial charge is 0.465 e. The summed E-state index contributed by atoms with van der Waals surface area (Å²) in [7, 11) is -3.87. The molecule has 0 N–H and O–H groups in total. The van der Waals surface area contributed by atoms with Gasteiger partial charge in [-0.3, -0.25) is 9.59 Å². The van der Waals surface area contributed by atoms with Crippen LogP contribution >= 0.6 is 0 Å². The van der Waals surface area contributed by atoms with Crippen LogP contribution in [0.15, 0.2) is 35.2 Å². The van der Waals surface area contributed by atoms with Crippen molar-refractivity contribution >= 4 is 21.9 Å². The molecule has 1 aliphatic heterocycles. The summed E-state index contributed by atoms with van der Waals surface area (Å²) in [5, 5.41) is 0.